The number of benzene rings is 1. The summed E-state index contributed by atoms with van der Waals surface area (Å²) in [5, 5.41) is 12.3. The van der Waals surface area contributed by atoms with Gasteiger partial charge in [0.05, 0.1) is 11.6 Å². The van der Waals surface area contributed by atoms with Crippen molar-refractivity contribution in [3.05, 3.63) is 40.8 Å². The van der Waals surface area contributed by atoms with Gasteiger partial charge in [0.1, 0.15) is 5.60 Å². The number of nitriles is 1. The van der Waals surface area contributed by atoms with Crippen molar-refractivity contribution in [2.75, 3.05) is 13.1 Å². The van der Waals surface area contributed by atoms with Crippen LogP contribution in [-0.4, -0.2) is 29.7 Å². The molecule has 0 radical (unpaired) electrons. The highest BCUT2D eigenvalue weighted by atomic mass is 32.1. The predicted octanol–water partition coefficient (Wildman–Crippen LogP) is 5.43. The lowest BCUT2D eigenvalue weighted by atomic mass is 10.00. The molecule has 1 aliphatic heterocycles. The molecule has 1 aromatic carbocycles. The molecule has 1 amide bonds. The van der Waals surface area contributed by atoms with Gasteiger partial charge in [-0.1, -0.05) is 13.5 Å². The van der Waals surface area contributed by atoms with Gasteiger partial charge in [0, 0.05) is 23.2 Å². The highest BCUT2D eigenvalue weighted by Gasteiger charge is 2.25. The molecule has 0 saturated carbocycles. The Labute approximate surface area is 153 Å². The number of rotatable bonds is 1. The lowest BCUT2D eigenvalue weighted by molar-refractivity contribution is 0.0273. The zero-order chi connectivity index (χ0) is 17.3. The third kappa shape index (κ3) is 4.21. The second kappa shape index (κ2) is 7.28. The predicted molar refractivity (Wildman–Crippen MR) is 104 cm³/mol. The monoisotopic (exact) mass is 356 g/mol. The Kier molecular flexibility index (Phi) is 5.54. The normalized spacial score (nSPS) is 14.5. The van der Waals surface area contributed by atoms with Crippen molar-refractivity contribution in [1.82, 2.24) is 4.90 Å². The molecule has 5 heteroatoms. The molecule has 2 aromatic rings. The van der Waals surface area contributed by atoms with Gasteiger partial charge >= 0.3 is 6.09 Å². The maximum Gasteiger partial charge on any atom is 0.410 e. The Hall–Kier alpha value is -2.32. The number of nitrogens with zero attached hydrogens (tertiary/aromatic N) is 2. The highest BCUT2D eigenvalue weighted by molar-refractivity contribution is 7.17. The Morgan fingerprint density at radius 2 is 2.12 bits per heavy atom. The molecule has 132 valence electrons. The fourth-order valence-electron chi connectivity index (χ4n) is 2.77. The van der Waals surface area contributed by atoms with Crippen LogP contribution in [0.5, 0.6) is 0 Å². The SMILES string of the molecule is C.CC(C)(C)OC(=O)N1CCC=C(c2csc3ccc(C#N)cc23)C1. The molecular weight excluding hydrogens is 332 g/mol. The van der Waals surface area contributed by atoms with Crippen LogP contribution in [0.15, 0.2) is 29.7 Å². The zero-order valence-electron chi connectivity index (χ0n) is 14.1. The summed E-state index contributed by atoms with van der Waals surface area (Å²) in [5.41, 5.74) is 2.39. The fourth-order valence-corrected chi connectivity index (χ4v) is 3.73. The molecule has 0 spiro atoms. The van der Waals surface area contributed by atoms with E-state index in [0.717, 1.165) is 27.6 Å². The second-order valence-electron chi connectivity index (χ2n) is 6.89. The lowest BCUT2D eigenvalue weighted by Gasteiger charge is -2.30. The Morgan fingerprint density at radius 1 is 1.36 bits per heavy atom. The molecule has 3 rings (SSSR count). The summed E-state index contributed by atoms with van der Waals surface area (Å²) in [6, 6.07) is 7.94. The minimum atomic E-state index is -0.491. The average molecular weight is 356 g/mol. The third-order valence-electron chi connectivity index (χ3n) is 3.85. The van der Waals surface area contributed by atoms with Crippen LogP contribution in [0.1, 0.15) is 45.7 Å². The number of carbonyl (C=O) groups is 1. The lowest BCUT2D eigenvalue weighted by Crippen LogP contribution is -2.39. The van der Waals surface area contributed by atoms with E-state index < -0.39 is 5.60 Å². The standard InChI is InChI=1S/C19H20N2O2S.CH4/c1-19(2,3)23-18(22)21-8-4-5-14(11-21)16-12-24-17-7-6-13(10-20)9-15(16)17;/h5-7,9,12H,4,8,11H2,1-3H3;1H4. The molecule has 0 saturated heterocycles. The van der Waals surface area contributed by atoms with Crippen molar-refractivity contribution >= 4 is 33.1 Å². The maximum atomic E-state index is 12.3. The molecular formula is C20H24N2O2S. The number of amides is 1. The summed E-state index contributed by atoms with van der Waals surface area (Å²) in [5.74, 6) is 0. The number of fused-ring (bicyclic) bond motifs is 1. The van der Waals surface area contributed by atoms with E-state index in [0.29, 0.717) is 18.7 Å². The minimum Gasteiger partial charge on any atom is -0.444 e. The second-order valence-corrected chi connectivity index (χ2v) is 7.80. The van der Waals surface area contributed by atoms with Gasteiger partial charge in [-0.15, -0.1) is 11.3 Å². The summed E-state index contributed by atoms with van der Waals surface area (Å²) >= 11 is 1.66. The zero-order valence-corrected chi connectivity index (χ0v) is 14.9. The van der Waals surface area contributed by atoms with Crippen LogP contribution < -0.4 is 0 Å². The van der Waals surface area contributed by atoms with E-state index in [1.165, 1.54) is 0 Å². The average Bonchev–Trinajstić information content (AvgIpc) is 2.96. The number of ether oxygens (including phenoxy) is 1. The summed E-state index contributed by atoms with van der Waals surface area (Å²) < 4.78 is 6.64. The van der Waals surface area contributed by atoms with Gasteiger partial charge < -0.3 is 9.64 Å². The Bertz CT molecular complexity index is 853. The molecule has 0 fully saturated rings. The molecule has 0 bridgehead atoms. The molecule has 2 heterocycles. The van der Waals surface area contributed by atoms with E-state index in [9.17, 15) is 4.79 Å². The van der Waals surface area contributed by atoms with Crippen LogP contribution in [0.25, 0.3) is 15.7 Å². The first-order chi connectivity index (χ1) is 11.4. The highest BCUT2D eigenvalue weighted by Crippen LogP contribution is 2.33. The van der Waals surface area contributed by atoms with Crippen molar-refractivity contribution in [2.24, 2.45) is 0 Å². The number of hydrogen-bond acceptors (Lipinski definition) is 4. The van der Waals surface area contributed by atoms with Gasteiger partial charge in [-0.2, -0.15) is 5.26 Å². The third-order valence-corrected chi connectivity index (χ3v) is 4.81. The van der Waals surface area contributed by atoms with Crippen LogP contribution in [-0.2, 0) is 4.74 Å². The van der Waals surface area contributed by atoms with E-state index in [1.54, 1.807) is 16.2 Å². The summed E-state index contributed by atoms with van der Waals surface area (Å²) in [7, 11) is 0. The molecule has 0 aliphatic carbocycles. The molecule has 0 N–H and O–H groups in total. The van der Waals surface area contributed by atoms with Gasteiger partial charge in [-0.25, -0.2) is 4.79 Å². The summed E-state index contributed by atoms with van der Waals surface area (Å²) in [6.45, 7) is 6.84. The molecule has 4 nitrogen and oxygen atoms in total. The van der Waals surface area contributed by atoms with Gasteiger partial charge in [-0.05, 0) is 61.9 Å². The molecule has 1 aromatic heterocycles. The first kappa shape index (κ1) is 19.0. The smallest absolute Gasteiger partial charge is 0.410 e. The van der Waals surface area contributed by atoms with Gasteiger partial charge in [0.2, 0.25) is 0 Å². The van der Waals surface area contributed by atoms with E-state index in [2.05, 4.69) is 17.5 Å². The molecule has 0 unspecified atom stereocenters. The van der Waals surface area contributed by atoms with Gasteiger partial charge in [0.25, 0.3) is 0 Å². The number of carbonyl (C=O) groups excluding carboxylic acids is 1. The first-order valence-corrected chi connectivity index (χ1v) is 8.84. The topological polar surface area (TPSA) is 53.3 Å². The molecule has 0 atom stereocenters. The Balaban J connectivity index is 0.00000225. The summed E-state index contributed by atoms with van der Waals surface area (Å²) in [4.78, 5) is 14.1. The number of thiophene rings is 1. The van der Waals surface area contributed by atoms with Crippen molar-refractivity contribution in [2.45, 2.75) is 40.2 Å². The minimum absolute atomic E-state index is 0. The summed E-state index contributed by atoms with van der Waals surface area (Å²) in [6.07, 6.45) is 2.72. The van der Waals surface area contributed by atoms with Gasteiger partial charge in [0.15, 0.2) is 0 Å². The van der Waals surface area contributed by atoms with Crippen LogP contribution >= 0.6 is 11.3 Å². The van der Waals surface area contributed by atoms with E-state index in [-0.39, 0.29) is 13.5 Å². The maximum absolute atomic E-state index is 12.3. The van der Waals surface area contributed by atoms with Crippen LogP contribution in [0.3, 0.4) is 0 Å². The first-order valence-electron chi connectivity index (χ1n) is 7.96. The van der Waals surface area contributed by atoms with E-state index in [4.69, 9.17) is 10.00 Å². The number of hydrogen-bond donors (Lipinski definition) is 0. The molecule has 1 aliphatic rings. The van der Waals surface area contributed by atoms with Crippen LogP contribution in [0.4, 0.5) is 4.79 Å². The quantitative estimate of drug-likeness (QED) is 0.684. The van der Waals surface area contributed by atoms with Crippen LogP contribution in [0, 0.1) is 11.3 Å². The van der Waals surface area contributed by atoms with Gasteiger partial charge in [-0.3, -0.25) is 0 Å². The van der Waals surface area contributed by atoms with E-state index >= 15 is 0 Å². The van der Waals surface area contributed by atoms with Crippen molar-refractivity contribution in [3.63, 3.8) is 0 Å². The van der Waals surface area contributed by atoms with Crippen molar-refractivity contribution in [3.8, 4) is 6.07 Å². The van der Waals surface area contributed by atoms with E-state index in [1.807, 2.05) is 39.0 Å². The van der Waals surface area contributed by atoms with Crippen LogP contribution in [0.2, 0.25) is 0 Å². The Morgan fingerprint density at radius 3 is 2.80 bits per heavy atom. The van der Waals surface area contributed by atoms with Crippen molar-refractivity contribution < 1.29 is 9.53 Å². The largest absolute Gasteiger partial charge is 0.444 e. The fraction of sp³-hybridized carbons (Fsp3) is 0.400. The van der Waals surface area contributed by atoms with Crippen molar-refractivity contribution in [1.29, 1.82) is 5.26 Å². The molecule has 25 heavy (non-hydrogen) atoms.